The molecule has 0 atom stereocenters. The van der Waals surface area contributed by atoms with Gasteiger partial charge in [0.05, 0.1) is 5.69 Å². The van der Waals surface area contributed by atoms with Crippen molar-refractivity contribution in [3.05, 3.63) is 57.5 Å². The molecular weight excluding hydrogens is 322 g/mol. The van der Waals surface area contributed by atoms with Gasteiger partial charge >= 0.3 is 0 Å². The van der Waals surface area contributed by atoms with Crippen molar-refractivity contribution in [2.75, 3.05) is 5.32 Å². The Morgan fingerprint density at radius 1 is 1.33 bits per heavy atom. The molecule has 1 amide bonds. The van der Waals surface area contributed by atoms with E-state index in [-0.39, 0.29) is 5.69 Å². The average molecular weight is 330 g/mol. The fourth-order valence-corrected chi connectivity index (χ4v) is 1.87. The van der Waals surface area contributed by atoms with Gasteiger partial charge in [-0.15, -0.1) is 0 Å². The maximum atomic E-state index is 13.4. The Kier molecular flexibility index (Phi) is 3.93. The highest BCUT2D eigenvalue weighted by Crippen LogP contribution is 2.20. The van der Waals surface area contributed by atoms with E-state index in [0.29, 0.717) is 15.2 Å². The number of halogens is 3. The summed E-state index contributed by atoms with van der Waals surface area (Å²) in [5, 5.41) is 2.80. The first-order valence-corrected chi connectivity index (χ1v) is 6.11. The van der Waals surface area contributed by atoms with E-state index < -0.39 is 11.7 Å². The van der Waals surface area contributed by atoms with Gasteiger partial charge in [-0.3, -0.25) is 4.79 Å². The van der Waals surface area contributed by atoms with Crippen LogP contribution in [0.5, 0.6) is 0 Å². The number of rotatable bonds is 2. The molecule has 0 radical (unpaired) electrons. The van der Waals surface area contributed by atoms with Crippen LogP contribution in [-0.4, -0.2) is 10.9 Å². The normalized spacial score (nSPS) is 10.2. The summed E-state index contributed by atoms with van der Waals surface area (Å²) in [4.78, 5) is 15.8. The van der Waals surface area contributed by atoms with Crippen LogP contribution in [0.1, 0.15) is 10.4 Å². The maximum Gasteiger partial charge on any atom is 0.255 e. The molecule has 0 fully saturated rings. The minimum absolute atomic E-state index is 0.0421. The second-order valence-corrected chi connectivity index (χ2v) is 4.69. The van der Waals surface area contributed by atoms with Gasteiger partial charge in [-0.25, -0.2) is 9.37 Å². The number of pyridine rings is 1. The van der Waals surface area contributed by atoms with Crippen molar-refractivity contribution < 1.29 is 9.18 Å². The van der Waals surface area contributed by atoms with E-state index in [4.69, 9.17) is 11.6 Å². The van der Waals surface area contributed by atoms with Crippen molar-refractivity contribution in [2.24, 2.45) is 0 Å². The first kappa shape index (κ1) is 13.0. The number of carbonyl (C=O) groups is 1. The highest BCUT2D eigenvalue weighted by Gasteiger charge is 2.10. The van der Waals surface area contributed by atoms with E-state index in [9.17, 15) is 9.18 Å². The van der Waals surface area contributed by atoms with Crippen LogP contribution in [0.3, 0.4) is 0 Å². The molecule has 0 aliphatic carbocycles. The monoisotopic (exact) mass is 328 g/mol. The Morgan fingerprint density at radius 3 is 2.83 bits per heavy atom. The summed E-state index contributed by atoms with van der Waals surface area (Å²) in [6.07, 6.45) is 1.48. The number of nitrogens with one attached hydrogen (secondary N) is 1. The molecule has 92 valence electrons. The zero-order chi connectivity index (χ0) is 13.1. The standard InChI is InChI=1S/C12H7BrClFN2O/c13-11-5-7(3-4-16-11)12(18)17-10-6-8(14)1-2-9(10)15/h1-6H,(H,17,18). The highest BCUT2D eigenvalue weighted by molar-refractivity contribution is 9.10. The van der Waals surface area contributed by atoms with Crippen LogP contribution in [0.2, 0.25) is 5.02 Å². The number of hydrogen-bond donors (Lipinski definition) is 1. The maximum absolute atomic E-state index is 13.4. The number of anilines is 1. The Morgan fingerprint density at radius 2 is 2.11 bits per heavy atom. The summed E-state index contributed by atoms with van der Waals surface area (Å²) in [5.74, 6) is -0.972. The minimum Gasteiger partial charge on any atom is -0.319 e. The van der Waals surface area contributed by atoms with Gasteiger partial charge in [-0.2, -0.15) is 0 Å². The van der Waals surface area contributed by atoms with Crippen molar-refractivity contribution in [3.8, 4) is 0 Å². The summed E-state index contributed by atoms with van der Waals surface area (Å²) in [6, 6.07) is 7.03. The molecule has 0 spiro atoms. The first-order valence-electron chi connectivity index (χ1n) is 4.94. The lowest BCUT2D eigenvalue weighted by Gasteiger charge is -2.06. The average Bonchev–Trinajstić information content (AvgIpc) is 2.34. The molecule has 1 aromatic carbocycles. The number of benzene rings is 1. The molecule has 0 bridgehead atoms. The van der Waals surface area contributed by atoms with Crippen LogP contribution >= 0.6 is 27.5 Å². The lowest BCUT2D eigenvalue weighted by atomic mass is 10.2. The van der Waals surface area contributed by atoms with Gasteiger partial charge in [-0.05, 0) is 46.3 Å². The molecule has 2 rings (SSSR count). The number of aromatic nitrogens is 1. The third kappa shape index (κ3) is 3.05. The van der Waals surface area contributed by atoms with Crippen LogP contribution in [0.4, 0.5) is 10.1 Å². The Bertz CT molecular complexity index is 606. The molecule has 0 unspecified atom stereocenters. The number of hydrogen-bond acceptors (Lipinski definition) is 2. The third-order valence-corrected chi connectivity index (χ3v) is 2.83. The fourth-order valence-electron chi connectivity index (χ4n) is 1.33. The second kappa shape index (κ2) is 5.46. The summed E-state index contributed by atoms with van der Waals surface area (Å²) < 4.78 is 14.0. The summed E-state index contributed by atoms with van der Waals surface area (Å²) in [6.45, 7) is 0. The zero-order valence-corrected chi connectivity index (χ0v) is 11.3. The predicted molar refractivity (Wildman–Crippen MR) is 71.3 cm³/mol. The van der Waals surface area contributed by atoms with Gasteiger partial charge < -0.3 is 5.32 Å². The number of carbonyl (C=O) groups excluding carboxylic acids is 1. The van der Waals surface area contributed by atoms with Crippen LogP contribution in [0.15, 0.2) is 41.1 Å². The van der Waals surface area contributed by atoms with Gasteiger partial charge in [-0.1, -0.05) is 11.6 Å². The molecule has 2 aromatic rings. The minimum atomic E-state index is -0.541. The third-order valence-electron chi connectivity index (χ3n) is 2.17. The lowest BCUT2D eigenvalue weighted by Crippen LogP contribution is -2.13. The molecule has 18 heavy (non-hydrogen) atoms. The van der Waals surface area contributed by atoms with Crippen molar-refractivity contribution in [2.45, 2.75) is 0 Å². The molecule has 0 saturated heterocycles. The van der Waals surface area contributed by atoms with Gasteiger partial charge in [0, 0.05) is 16.8 Å². The van der Waals surface area contributed by atoms with Crippen LogP contribution < -0.4 is 5.32 Å². The van der Waals surface area contributed by atoms with Gasteiger partial charge in [0.25, 0.3) is 5.91 Å². The molecule has 3 nitrogen and oxygen atoms in total. The van der Waals surface area contributed by atoms with E-state index in [2.05, 4.69) is 26.2 Å². The van der Waals surface area contributed by atoms with Crippen LogP contribution in [0.25, 0.3) is 0 Å². The molecule has 6 heteroatoms. The fraction of sp³-hybridized carbons (Fsp3) is 0. The SMILES string of the molecule is O=C(Nc1cc(Cl)ccc1F)c1ccnc(Br)c1. The number of nitrogens with zero attached hydrogens (tertiary/aromatic N) is 1. The van der Waals surface area contributed by atoms with E-state index in [0.717, 1.165) is 0 Å². The number of amides is 1. The molecule has 1 N–H and O–H groups in total. The summed E-state index contributed by atoms with van der Waals surface area (Å²) >= 11 is 8.89. The Hall–Kier alpha value is -1.46. The molecular formula is C12H7BrClFN2O. The molecule has 1 heterocycles. The lowest BCUT2D eigenvalue weighted by molar-refractivity contribution is 0.102. The van der Waals surface area contributed by atoms with Crippen molar-refractivity contribution >= 4 is 39.1 Å². The summed E-state index contributed by atoms with van der Waals surface area (Å²) in [7, 11) is 0. The van der Waals surface area contributed by atoms with E-state index in [1.165, 1.54) is 36.5 Å². The topological polar surface area (TPSA) is 42.0 Å². The second-order valence-electron chi connectivity index (χ2n) is 3.45. The largest absolute Gasteiger partial charge is 0.319 e. The van der Waals surface area contributed by atoms with E-state index in [1.54, 1.807) is 0 Å². The first-order chi connectivity index (χ1) is 8.56. The van der Waals surface area contributed by atoms with E-state index in [1.807, 2.05) is 0 Å². The molecule has 0 aliphatic heterocycles. The zero-order valence-electron chi connectivity index (χ0n) is 8.95. The summed E-state index contributed by atoms with van der Waals surface area (Å²) in [5.41, 5.74) is 0.414. The predicted octanol–water partition coefficient (Wildman–Crippen LogP) is 3.89. The Labute approximate surface area is 116 Å². The molecule has 1 aromatic heterocycles. The van der Waals surface area contributed by atoms with Crippen LogP contribution in [0, 0.1) is 5.82 Å². The van der Waals surface area contributed by atoms with Gasteiger partial charge in [0.2, 0.25) is 0 Å². The van der Waals surface area contributed by atoms with Crippen molar-refractivity contribution in [3.63, 3.8) is 0 Å². The molecule has 0 saturated carbocycles. The Balaban J connectivity index is 2.24. The van der Waals surface area contributed by atoms with Crippen molar-refractivity contribution in [1.29, 1.82) is 0 Å². The quantitative estimate of drug-likeness (QED) is 0.849. The van der Waals surface area contributed by atoms with Gasteiger partial charge in [0.15, 0.2) is 0 Å². The smallest absolute Gasteiger partial charge is 0.255 e. The van der Waals surface area contributed by atoms with Gasteiger partial charge in [0.1, 0.15) is 10.4 Å². The molecule has 0 aliphatic rings. The van der Waals surface area contributed by atoms with Crippen LogP contribution in [-0.2, 0) is 0 Å². The highest BCUT2D eigenvalue weighted by atomic mass is 79.9. The van der Waals surface area contributed by atoms with Crippen molar-refractivity contribution in [1.82, 2.24) is 4.98 Å². The van der Waals surface area contributed by atoms with E-state index >= 15 is 0 Å².